The van der Waals surface area contributed by atoms with Gasteiger partial charge in [0.15, 0.2) is 6.04 Å². The van der Waals surface area contributed by atoms with Gasteiger partial charge in [-0.3, -0.25) is 0 Å². The van der Waals surface area contributed by atoms with Crippen LogP contribution in [0, 0.1) is 11.6 Å². The maximum atomic E-state index is 13.5. The van der Waals surface area contributed by atoms with Crippen molar-refractivity contribution in [2.45, 2.75) is 6.04 Å². The van der Waals surface area contributed by atoms with E-state index in [0.717, 1.165) is 12.1 Å². The molecule has 2 N–H and O–H groups in total. The van der Waals surface area contributed by atoms with Crippen molar-refractivity contribution in [2.24, 2.45) is 0 Å². The first-order valence-corrected chi connectivity index (χ1v) is 6.05. The Morgan fingerprint density at radius 2 is 1.90 bits per heavy atom. The van der Waals surface area contributed by atoms with Crippen molar-refractivity contribution in [3.63, 3.8) is 0 Å². The van der Waals surface area contributed by atoms with E-state index in [0.29, 0.717) is 0 Å². The quantitative estimate of drug-likeness (QED) is 0.901. The van der Waals surface area contributed by atoms with Crippen LogP contribution in [0.4, 0.5) is 14.5 Å². The summed E-state index contributed by atoms with van der Waals surface area (Å²) in [4.78, 5) is 11.3. The molecule has 0 fully saturated rings. The lowest BCUT2D eigenvalue weighted by atomic mass is 10.1. The third-order valence-electron chi connectivity index (χ3n) is 2.64. The van der Waals surface area contributed by atoms with E-state index in [1.54, 1.807) is 6.07 Å². The lowest BCUT2D eigenvalue weighted by molar-refractivity contribution is -0.138. The van der Waals surface area contributed by atoms with Crippen LogP contribution in [0.1, 0.15) is 11.6 Å². The minimum atomic E-state index is -1.31. The van der Waals surface area contributed by atoms with Gasteiger partial charge in [-0.05, 0) is 35.9 Å². The topological polar surface area (TPSA) is 49.3 Å². The fourth-order valence-electron chi connectivity index (χ4n) is 1.76. The Morgan fingerprint density at radius 3 is 2.50 bits per heavy atom. The Kier molecular flexibility index (Phi) is 4.20. The Morgan fingerprint density at radius 1 is 1.20 bits per heavy atom. The summed E-state index contributed by atoms with van der Waals surface area (Å²) in [5.74, 6) is -2.52. The molecule has 0 aliphatic heterocycles. The molecule has 0 bridgehead atoms. The van der Waals surface area contributed by atoms with Crippen LogP contribution in [0.15, 0.2) is 42.5 Å². The molecule has 0 saturated carbocycles. The van der Waals surface area contributed by atoms with Crippen molar-refractivity contribution in [3.05, 3.63) is 64.7 Å². The molecule has 2 aromatic rings. The molecule has 0 heterocycles. The zero-order valence-corrected chi connectivity index (χ0v) is 10.9. The van der Waals surface area contributed by atoms with E-state index in [9.17, 15) is 18.7 Å². The number of carboxylic acids is 1. The molecule has 2 aromatic carbocycles. The molecule has 0 amide bonds. The molecule has 6 heteroatoms. The molecular formula is C14H10ClF2NO2. The normalized spacial score (nSPS) is 11.9. The Hall–Kier alpha value is -2.14. The first-order chi connectivity index (χ1) is 9.47. The van der Waals surface area contributed by atoms with E-state index in [2.05, 4.69) is 5.32 Å². The van der Waals surface area contributed by atoms with Crippen LogP contribution in [0.25, 0.3) is 0 Å². The predicted molar refractivity (Wildman–Crippen MR) is 71.8 cm³/mol. The molecule has 104 valence electrons. The van der Waals surface area contributed by atoms with E-state index in [-0.39, 0.29) is 16.3 Å². The summed E-state index contributed by atoms with van der Waals surface area (Å²) in [5.41, 5.74) is 0.117. The number of benzene rings is 2. The molecule has 0 aliphatic rings. The predicted octanol–water partition coefficient (Wildman–Crippen LogP) is 3.86. The van der Waals surface area contributed by atoms with Crippen LogP contribution < -0.4 is 5.32 Å². The summed E-state index contributed by atoms with van der Waals surface area (Å²) in [7, 11) is 0. The van der Waals surface area contributed by atoms with Gasteiger partial charge in [-0.1, -0.05) is 23.7 Å². The molecule has 1 unspecified atom stereocenters. The maximum Gasteiger partial charge on any atom is 0.330 e. The van der Waals surface area contributed by atoms with Crippen LogP contribution >= 0.6 is 11.6 Å². The van der Waals surface area contributed by atoms with Gasteiger partial charge < -0.3 is 10.4 Å². The number of hydrogen-bond acceptors (Lipinski definition) is 2. The summed E-state index contributed by atoms with van der Waals surface area (Å²) < 4.78 is 26.8. The summed E-state index contributed by atoms with van der Waals surface area (Å²) in [6.45, 7) is 0. The van der Waals surface area contributed by atoms with Gasteiger partial charge in [0, 0.05) is 5.02 Å². The van der Waals surface area contributed by atoms with Gasteiger partial charge in [-0.25, -0.2) is 13.6 Å². The summed E-state index contributed by atoms with van der Waals surface area (Å²) in [6, 6.07) is 7.74. The van der Waals surface area contributed by atoms with Gasteiger partial charge in [-0.2, -0.15) is 0 Å². The number of halogens is 3. The molecule has 0 saturated heterocycles. The van der Waals surface area contributed by atoms with E-state index in [1.165, 1.54) is 24.3 Å². The van der Waals surface area contributed by atoms with Crippen LogP contribution in [0.3, 0.4) is 0 Å². The van der Waals surface area contributed by atoms with Gasteiger partial charge in [0.05, 0.1) is 5.69 Å². The first-order valence-electron chi connectivity index (χ1n) is 5.67. The third kappa shape index (κ3) is 3.24. The molecule has 0 aromatic heterocycles. The first kappa shape index (κ1) is 14.3. The van der Waals surface area contributed by atoms with Gasteiger partial charge in [0.1, 0.15) is 11.6 Å². The third-order valence-corrected chi connectivity index (χ3v) is 2.86. The van der Waals surface area contributed by atoms with Crippen molar-refractivity contribution in [2.75, 3.05) is 5.32 Å². The van der Waals surface area contributed by atoms with Gasteiger partial charge in [-0.15, -0.1) is 0 Å². The molecule has 0 aliphatic carbocycles. The van der Waals surface area contributed by atoms with Gasteiger partial charge >= 0.3 is 5.97 Å². The highest BCUT2D eigenvalue weighted by atomic mass is 35.5. The standard InChI is InChI=1S/C14H10ClF2NO2/c15-9-5-8(6-10(16)7-9)13(14(19)20)18-12-4-2-1-3-11(12)17/h1-7,13,18H,(H,19,20). The largest absolute Gasteiger partial charge is 0.479 e. The second-order valence-electron chi connectivity index (χ2n) is 4.10. The van der Waals surface area contributed by atoms with Crippen LogP contribution in [-0.4, -0.2) is 11.1 Å². The molecule has 1 atom stereocenters. The minimum absolute atomic E-state index is 0.0142. The fraction of sp³-hybridized carbons (Fsp3) is 0.0714. The maximum absolute atomic E-state index is 13.5. The summed E-state index contributed by atoms with van der Waals surface area (Å²) in [6.07, 6.45) is 0. The zero-order valence-electron chi connectivity index (χ0n) is 10.1. The molecule has 2 rings (SSSR count). The van der Waals surface area contributed by atoms with Crippen molar-refractivity contribution in [1.29, 1.82) is 0 Å². The second kappa shape index (κ2) is 5.88. The molecule has 0 spiro atoms. The number of carboxylic acid groups (broad SMARTS) is 1. The Bertz CT molecular complexity index is 629. The second-order valence-corrected chi connectivity index (χ2v) is 4.53. The van der Waals surface area contributed by atoms with Crippen molar-refractivity contribution >= 4 is 23.3 Å². The number of carbonyl (C=O) groups is 1. The number of anilines is 1. The van der Waals surface area contributed by atoms with Crippen molar-refractivity contribution in [1.82, 2.24) is 0 Å². The van der Waals surface area contributed by atoms with E-state index < -0.39 is 23.6 Å². The molecule has 3 nitrogen and oxygen atoms in total. The highest BCUT2D eigenvalue weighted by Gasteiger charge is 2.21. The number of aliphatic carboxylic acids is 1. The highest BCUT2D eigenvalue weighted by Crippen LogP contribution is 2.25. The fourth-order valence-corrected chi connectivity index (χ4v) is 1.99. The van der Waals surface area contributed by atoms with Crippen LogP contribution in [0.2, 0.25) is 5.02 Å². The van der Waals surface area contributed by atoms with Crippen molar-refractivity contribution in [3.8, 4) is 0 Å². The average molecular weight is 298 g/mol. The lowest BCUT2D eigenvalue weighted by Gasteiger charge is -2.17. The highest BCUT2D eigenvalue weighted by molar-refractivity contribution is 6.30. The smallest absolute Gasteiger partial charge is 0.330 e. The monoisotopic (exact) mass is 297 g/mol. The molecular weight excluding hydrogens is 288 g/mol. The van der Waals surface area contributed by atoms with Gasteiger partial charge in [0.2, 0.25) is 0 Å². The summed E-state index contributed by atoms with van der Waals surface area (Å²) >= 11 is 5.70. The number of rotatable bonds is 4. The number of hydrogen-bond donors (Lipinski definition) is 2. The average Bonchev–Trinajstić information content (AvgIpc) is 2.36. The Labute approximate surface area is 118 Å². The number of para-hydroxylation sites is 1. The zero-order chi connectivity index (χ0) is 14.7. The van der Waals surface area contributed by atoms with E-state index in [1.807, 2.05) is 0 Å². The Balaban J connectivity index is 2.37. The number of nitrogens with one attached hydrogen (secondary N) is 1. The van der Waals surface area contributed by atoms with E-state index >= 15 is 0 Å². The molecule has 20 heavy (non-hydrogen) atoms. The summed E-state index contributed by atoms with van der Waals surface area (Å²) in [5, 5.41) is 11.8. The lowest BCUT2D eigenvalue weighted by Crippen LogP contribution is -2.21. The van der Waals surface area contributed by atoms with Crippen LogP contribution in [-0.2, 0) is 4.79 Å². The van der Waals surface area contributed by atoms with Crippen LogP contribution in [0.5, 0.6) is 0 Å². The van der Waals surface area contributed by atoms with E-state index in [4.69, 9.17) is 11.6 Å². The van der Waals surface area contributed by atoms with Gasteiger partial charge in [0.25, 0.3) is 0 Å². The molecule has 0 radical (unpaired) electrons. The van der Waals surface area contributed by atoms with Crippen molar-refractivity contribution < 1.29 is 18.7 Å². The SMILES string of the molecule is O=C(O)C(Nc1ccccc1F)c1cc(F)cc(Cl)c1. The minimum Gasteiger partial charge on any atom is -0.479 e.